The summed E-state index contributed by atoms with van der Waals surface area (Å²) in [4.78, 5) is 66.4. The number of rotatable bonds is 12. The molecule has 4 atom stereocenters. The number of aliphatic hydroxyl groups is 1. The highest BCUT2D eigenvalue weighted by Gasteiger charge is 2.55. The minimum absolute atomic E-state index is 0.00649. The van der Waals surface area contributed by atoms with Crippen LogP contribution in [-0.2, 0) is 28.5 Å². The Balaban J connectivity index is 1.81. The Morgan fingerprint density at radius 3 is 2.29 bits per heavy atom. The van der Waals surface area contributed by atoms with Gasteiger partial charge in [-0.3, -0.25) is 19.2 Å². The van der Waals surface area contributed by atoms with Gasteiger partial charge < -0.3 is 35.3 Å². The molecule has 1 fully saturated rings. The van der Waals surface area contributed by atoms with Gasteiger partial charge in [0.2, 0.25) is 5.91 Å². The lowest BCUT2D eigenvalue weighted by atomic mass is 9.70. The van der Waals surface area contributed by atoms with E-state index < -0.39 is 73.4 Å². The van der Waals surface area contributed by atoms with Crippen LogP contribution < -0.4 is 10.6 Å². The molecule has 2 amide bonds. The van der Waals surface area contributed by atoms with Crippen molar-refractivity contribution in [3.63, 3.8) is 0 Å². The number of carboxylic acids is 2. The van der Waals surface area contributed by atoms with E-state index in [1.54, 1.807) is 26.0 Å². The van der Waals surface area contributed by atoms with E-state index >= 15 is 0 Å². The fourth-order valence-corrected chi connectivity index (χ4v) is 4.38. The van der Waals surface area contributed by atoms with E-state index in [1.807, 2.05) is 30.3 Å². The first-order valence-electron chi connectivity index (χ1n) is 13.0. The Bertz CT molecular complexity index is 1290. The summed E-state index contributed by atoms with van der Waals surface area (Å²) in [5, 5.41) is 34.3. The predicted octanol–water partition coefficient (Wildman–Crippen LogP) is 1.05. The average Bonchev–Trinajstić information content (AvgIpc) is 2.90. The zero-order chi connectivity index (χ0) is 30.3. The topological polar surface area (TPSA) is 201 Å². The van der Waals surface area contributed by atoms with Crippen LogP contribution in [0.1, 0.15) is 50.5 Å². The van der Waals surface area contributed by atoms with Gasteiger partial charge in [-0.25, -0.2) is 9.78 Å². The Kier molecular flexibility index (Phi) is 10.2. The van der Waals surface area contributed by atoms with Gasteiger partial charge in [0.05, 0.1) is 30.6 Å². The maximum absolute atomic E-state index is 13.3. The van der Waals surface area contributed by atoms with Gasteiger partial charge in [-0.1, -0.05) is 50.2 Å². The number of nitrogens with one attached hydrogen (secondary N) is 2. The highest BCUT2D eigenvalue weighted by Crippen LogP contribution is 2.30. The number of carbonyl (C=O) groups excluding carboxylic acids is 3. The van der Waals surface area contributed by atoms with Gasteiger partial charge >= 0.3 is 19.1 Å². The fraction of sp³-hybridized carbons (Fsp3) is 0.407. The molecule has 41 heavy (non-hydrogen) atoms. The molecule has 13 nitrogen and oxygen atoms in total. The van der Waals surface area contributed by atoms with Crippen molar-refractivity contribution in [2.75, 3.05) is 0 Å². The molecule has 3 rings (SSSR count). The quantitative estimate of drug-likeness (QED) is 0.229. The minimum Gasteiger partial charge on any atom is -0.508 e. The number of benzene rings is 1. The van der Waals surface area contributed by atoms with Gasteiger partial charge in [0, 0.05) is 5.56 Å². The van der Waals surface area contributed by atoms with Crippen molar-refractivity contribution in [1.82, 2.24) is 15.6 Å². The summed E-state index contributed by atoms with van der Waals surface area (Å²) < 4.78 is 10.7. The van der Waals surface area contributed by atoms with E-state index in [9.17, 15) is 39.3 Å². The molecular weight excluding hydrogens is 537 g/mol. The van der Waals surface area contributed by atoms with Crippen LogP contribution in [0.5, 0.6) is 0 Å². The summed E-state index contributed by atoms with van der Waals surface area (Å²) in [6.07, 6.45) is -3.11. The van der Waals surface area contributed by atoms with Gasteiger partial charge in [0.1, 0.15) is 11.7 Å². The molecule has 14 heteroatoms. The molecule has 1 aliphatic rings. The monoisotopic (exact) mass is 569 g/mol. The zero-order valence-electron chi connectivity index (χ0n) is 22.8. The summed E-state index contributed by atoms with van der Waals surface area (Å²) in [5.74, 6) is -7.08. The highest BCUT2D eigenvalue weighted by molar-refractivity contribution is 6.50. The summed E-state index contributed by atoms with van der Waals surface area (Å²) in [7, 11) is -1.65. The Hall–Kier alpha value is -4.30. The van der Waals surface area contributed by atoms with Crippen LogP contribution in [0.25, 0.3) is 11.3 Å². The van der Waals surface area contributed by atoms with Crippen molar-refractivity contribution in [2.24, 2.45) is 5.92 Å². The lowest BCUT2D eigenvalue weighted by Crippen LogP contribution is -2.63. The third-order valence-corrected chi connectivity index (χ3v) is 6.33. The van der Waals surface area contributed by atoms with Crippen molar-refractivity contribution in [3.05, 3.63) is 54.2 Å². The average molecular weight is 569 g/mol. The van der Waals surface area contributed by atoms with Crippen molar-refractivity contribution in [3.8, 4) is 11.3 Å². The molecule has 1 unspecified atom stereocenters. The molecular formula is C27H32BN3O10. The van der Waals surface area contributed by atoms with E-state index in [0.29, 0.717) is 5.69 Å². The van der Waals surface area contributed by atoms with Crippen LogP contribution in [0.15, 0.2) is 48.5 Å². The maximum atomic E-state index is 13.3. The van der Waals surface area contributed by atoms with Crippen LogP contribution >= 0.6 is 0 Å². The molecule has 0 radical (unpaired) electrons. The van der Waals surface area contributed by atoms with Crippen molar-refractivity contribution < 1.29 is 48.6 Å². The predicted molar refractivity (Wildman–Crippen MR) is 144 cm³/mol. The van der Waals surface area contributed by atoms with Gasteiger partial charge in [0.25, 0.3) is 11.9 Å². The first-order valence-corrected chi connectivity index (χ1v) is 13.0. The second-order valence-corrected chi connectivity index (χ2v) is 10.2. The second kappa shape index (κ2) is 13.4. The van der Waals surface area contributed by atoms with Gasteiger partial charge in [0.15, 0.2) is 5.60 Å². The molecule has 2 heterocycles. The SMILES string of the molecule is CC(C)C[C@H](NC(=O)[C@@H](NC(=O)c1cccc(-c2ccccc2)n1)[C@@H](C)O)B1OC(=O)CC(CC(=O)O)(C(=O)O)O1. The van der Waals surface area contributed by atoms with Gasteiger partial charge in [-0.05, 0) is 31.4 Å². The third kappa shape index (κ3) is 8.11. The summed E-state index contributed by atoms with van der Waals surface area (Å²) in [6, 6.07) is 12.4. The Labute approximate surface area is 236 Å². The van der Waals surface area contributed by atoms with E-state index in [-0.39, 0.29) is 18.0 Å². The molecule has 1 saturated heterocycles. The molecule has 1 aromatic heterocycles. The molecule has 5 N–H and O–H groups in total. The number of carbonyl (C=O) groups is 5. The number of aliphatic hydroxyl groups excluding tert-OH is 1. The van der Waals surface area contributed by atoms with Crippen molar-refractivity contribution in [1.29, 1.82) is 0 Å². The smallest absolute Gasteiger partial charge is 0.508 e. The number of hydrogen-bond donors (Lipinski definition) is 5. The van der Waals surface area contributed by atoms with E-state index in [2.05, 4.69) is 15.6 Å². The highest BCUT2D eigenvalue weighted by atomic mass is 16.6. The number of pyridine rings is 1. The molecule has 1 aliphatic heterocycles. The van der Waals surface area contributed by atoms with Crippen molar-refractivity contribution in [2.45, 2.75) is 63.7 Å². The first-order chi connectivity index (χ1) is 19.3. The molecule has 0 spiro atoms. The third-order valence-electron chi connectivity index (χ3n) is 6.33. The van der Waals surface area contributed by atoms with Crippen LogP contribution in [0.2, 0.25) is 0 Å². The van der Waals surface area contributed by atoms with Gasteiger partial charge in [-0.2, -0.15) is 0 Å². The number of amides is 2. The molecule has 0 bridgehead atoms. The molecule has 0 saturated carbocycles. The lowest BCUT2D eigenvalue weighted by molar-refractivity contribution is -0.175. The van der Waals surface area contributed by atoms with E-state index in [1.165, 1.54) is 13.0 Å². The summed E-state index contributed by atoms with van der Waals surface area (Å²) in [6.45, 7) is 4.85. The number of nitrogens with zero attached hydrogens (tertiary/aromatic N) is 1. The minimum atomic E-state index is -2.40. The number of carboxylic acid groups (broad SMARTS) is 2. The summed E-state index contributed by atoms with van der Waals surface area (Å²) in [5.41, 5.74) is -1.12. The first kappa shape index (κ1) is 31.2. The van der Waals surface area contributed by atoms with Crippen molar-refractivity contribution >= 4 is 36.8 Å². The number of aliphatic carboxylic acids is 2. The largest absolute Gasteiger partial charge is 0.552 e. The Morgan fingerprint density at radius 1 is 1.02 bits per heavy atom. The lowest BCUT2D eigenvalue weighted by Gasteiger charge is -2.38. The molecule has 0 aliphatic carbocycles. The second-order valence-electron chi connectivity index (χ2n) is 10.2. The molecule has 1 aromatic carbocycles. The van der Waals surface area contributed by atoms with Crippen LogP contribution in [0.4, 0.5) is 0 Å². The van der Waals surface area contributed by atoms with Crippen LogP contribution in [0.3, 0.4) is 0 Å². The molecule has 218 valence electrons. The normalized spacial score (nSPS) is 19.0. The van der Waals surface area contributed by atoms with Gasteiger partial charge in [-0.15, -0.1) is 0 Å². The summed E-state index contributed by atoms with van der Waals surface area (Å²) >= 11 is 0. The standard InChI is InChI=1S/C27H32BN3O10/c1-15(2)12-20(28-40-22(35)14-27(41-28,26(38)39)13-21(33)34)30-25(37)23(16(3)32)31-24(36)19-11-7-10-18(29-19)17-8-5-4-6-9-17/h4-11,15-16,20,23,32H,12-14H2,1-3H3,(H,30,37)(H,31,36)(H,33,34)(H,38,39)/t16-,20+,23+,27?/m1/s1. The Morgan fingerprint density at radius 2 is 1.71 bits per heavy atom. The molecule has 2 aromatic rings. The van der Waals surface area contributed by atoms with E-state index in [4.69, 9.17) is 9.31 Å². The fourth-order valence-electron chi connectivity index (χ4n) is 4.38. The van der Waals surface area contributed by atoms with E-state index in [0.717, 1.165) is 5.56 Å². The number of hydrogen-bond acceptors (Lipinski definition) is 9. The zero-order valence-corrected chi connectivity index (χ0v) is 22.8. The van der Waals surface area contributed by atoms with Crippen LogP contribution in [0, 0.1) is 5.92 Å². The maximum Gasteiger partial charge on any atom is 0.552 e. The van der Waals surface area contributed by atoms with Crippen LogP contribution in [-0.4, -0.2) is 80.8 Å². The number of aromatic nitrogens is 1.